The predicted molar refractivity (Wildman–Crippen MR) is 205 cm³/mol. The largest absolute Gasteiger partial charge is 0.321 e. The molecule has 1 amide bonds. The van der Waals surface area contributed by atoms with E-state index in [0.717, 1.165) is 50.1 Å². The molecule has 0 unspecified atom stereocenters. The Morgan fingerprint density at radius 2 is 0.902 bits per heavy atom. The standard InChI is InChI=1S/C45H31N5O/c51-45(37-19-12-28-46-30-37)47-41-27-26-36(29-40(41)39-21-11-10-20-38(39)32-13-4-1-5-14-32)31-22-24-35(25-23-31)44-49-42(33-15-6-2-7-16-33)48-43(50-44)34-17-8-3-9-18-34/h1-30H,(H,47,51). The van der Waals surface area contributed by atoms with Crippen molar-refractivity contribution in [1.29, 1.82) is 0 Å². The molecule has 0 spiro atoms. The van der Waals surface area contributed by atoms with Crippen molar-refractivity contribution in [3.8, 4) is 67.5 Å². The summed E-state index contributed by atoms with van der Waals surface area (Å²) in [7, 11) is 0. The first-order chi connectivity index (χ1) is 25.2. The number of carbonyl (C=O) groups is 1. The van der Waals surface area contributed by atoms with Crippen LogP contribution in [-0.2, 0) is 0 Å². The fourth-order valence-corrected chi connectivity index (χ4v) is 6.08. The minimum atomic E-state index is -0.222. The molecule has 1 N–H and O–H groups in total. The molecule has 0 radical (unpaired) electrons. The lowest BCUT2D eigenvalue weighted by molar-refractivity contribution is 0.102. The molecule has 0 aliphatic heterocycles. The van der Waals surface area contributed by atoms with Crippen LogP contribution < -0.4 is 5.32 Å². The number of pyridine rings is 1. The number of nitrogens with one attached hydrogen (secondary N) is 1. The van der Waals surface area contributed by atoms with Crippen LogP contribution in [0.25, 0.3) is 67.5 Å². The van der Waals surface area contributed by atoms with Crippen LogP contribution in [0.4, 0.5) is 5.69 Å². The molecule has 0 saturated heterocycles. The smallest absolute Gasteiger partial charge is 0.257 e. The number of carbonyl (C=O) groups excluding carboxylic acids is 1. The second kappa shape index (κ2) is 14.2. The SMILES string of the molecule is O=C(Nc1ccc(-c2ccc(-c3nc(-c4ccccc4)nc(-c4ccccc4)n3)cc2)cc1-c1ccccc1-c1ccccc1)c1cccnc1. The normalized spacial score (nSPS) is 10.8. The molecule has 8 rings (SSSR count). The van der Waals surface area contributed by atoms with Gasteiger partial charge < -0.3 is 5.32 Å². The van der Waals surface area contributed by atoms with Gasteiger partial charge in [-0.05, 0) is 52.1 Å². The lowest BCUT2D eigenvalue weighted by Crippen LogP contribution is -2.13. The maximum Gasteiger partial charge on any atom is 0.257 e. The van der Waals surface area contributed by atoms with Gasteiger partial charge in [-0.2, -0.15) is 0 Å². The van der Waals surface area contributed by atoms with Crippen LogP contribution in [0.2, 0.25) is 0 Å². The lowest BCUT2D eigenvalue weighted by Gasteiger charge is -2.17. The highest BCUT2D eigenvalue weighted by molar-refractivity contribution is 6.07. The highest BCUT2D eigenvalue weighted by atomic mass is 16.1. The van der Waals surface area contributed by atoms with Gasteiger partial charge in [-0.15, -0.1) is 0 Å². The van der Waals surface area contributed by atoms with Gasteiger partial charge in [0.15, 0.2) is 17.5 Å². The molecule has 0 aliphatic carbocycles. The predicted octanol–water partition coefficient (Wildman–Crippen LogP) is 10.5. The van der Waals surface area contributed by atoms with Crippen LogP contribution in [0.3, 0.4) is 0 Å². The number of hydrogen-bond donors (Lipinski definition) is 1. The van der Waals surface area contributed by atoms with E-state index >= 15 is 0 Å². The molecule has 2 aromatic heterocycles. The Hall–Kier alpha value is -7.05. The molecule has 0 fully saturated rings. The monoisotopic (exact) mass is 657 g/mol. The molecule has 242 valence electrons. The Morgan fingerprint density at radius 3 is 1.47 bits per heavy atom. The summed E-state index contributed by atoms with van der Waals surface area (Å²) in [6.45, 7) is 0. The number of anilines is 1. The third kappa shape index (κ3) is 6.80. The first-order valence-electron chi connectivity index (χ1n) is 16.7. The summed E-state index contributed by atoms with van der Waals surface area (Å²) in [5, 5.41) is 3.15. The van der Waals surface area contributed by atoms with Crippen LogP contribution in [0.15, 0.2) is 182 Å². The molecular weight excluding hydrogens is 627 g/mol. The fraction of sp³-hybridized carbons (Fsp3) is 0. The number of aromatic nitrogens is 4. The second-order valence-electron chi connectivity index (χ2n) is 12.0. The minimum Gasteiger partial charge on any atom is -0.321 e. The van der Waals surface area contributed by atoms with E-state index in [0.29, 0.717) is 28.7 Å². The summed E-state index contributed by atoms with van der Waals surface area (Å²) in [5.41, 5.74) is 10.0. The van der Waals surface area contributed by atoms with Crippen LogP contribution in [0.5, 0.6) is 0 Å². The van der Waals surface area contributed by atoms with Gasteiger partial charge in [0.25, 0.3) is 5.91 Å². The zero-order valence-corrected chi connectivity index (χ0v) is 27.5. The quantitative estimate of drug-likeness (QED) is 0.176. The van der Waals surface area contributed by atoms with Crippen LogP contribution in [0.1, 0.15) is 10.4 Å². The molecular formula is C45H31N5O. The van der Waals surface area contributed by atoms with Crippen molar-refractivity contribution in [3.05, 3.63) is 188 Å². The number of amides is 1. The van der Waals surface area contributed by atoms with Gasteiger partial charge in [-0.3, -0.25) is 9.78 Å². The van der Waals surface area contributed by atoms with Gasteiger partial charge in [0.05, 0.1) is 5.56 Å². The highest BCUT2D eigenvalue weighted by Gasteiger charge is 2.17. The lowest BCUT2D eigenvalue weighted by atomic mass is 9.91. The van der Waals surface area contributed by atoms with E-state index in [1.165, 1.54) is 0 Å². The zero-order chi connectivity index (χ0) is 34.4. The van der Waals surface area contributed by atoms with E-state index in [2.05, 4.69) is 52.8 Å². The fourth-order valence-electron chi connectivity index (χ4n) is 6.08. The Balaban J connectivity index is 1.19. The summed E-state index contributed by atoms with van der Waals surface area (Å²) in [4.78, 5) is 32.1. The van der Waals surface area contributed by atoms with Gasteiger partial charge in [-0.25, -0.2) is 15.0 Å². The highest BCUT2D eigenvalue weighted by Crippen LogP contribution is 2.39. The summed E-state index contributed by atoms with van der Waals surface area (Å²) in [6.07, 6.45) is 3.23. The van der Waals surface area contributed by atoms with Crippen molar-refractivity contribution in [2.24, 2.45) is 0 Å². The van der Waals surface area contributed by atoms with Crippen molar-refractivity contribution in [3.63, 3.8) is 0 Å². The summed E-state index contributed by atoms with van der Waals surface area (Å²) >= 11 is 0. The van der Waals surface area contributed by atoms with Crippen molar-refractivity contribution in [2.75, 3.05) is 5.32 Å². The van der Waals surface area contributed by atoms with E-state index in [9.17, 15) is 4.79 Å². The van der Waals surface area contributed by atoms with E-state index in [1.54, 1.807) is 24.5 Å². The van der Waals surface area contributed by atoms with Crippen LogP contribution in [0, 0.1) is 0 Å². The van der Waals surface area contributed by atoms with Crippen LogP contribution in [-0.4, -0.2) is 25.8 Å². The Labute approximate surface area is 296 Å². The topological polar surface area (TPSA) is 80.7 Å². The number of hydrogen-bond acceptors (Lipinski definition) is 5. The maximum absolute atomic E-state index is 13.3. The van der Waals surface area contributed by atoms with Crippen molar-refractivity contribution in [2.45, 2.75) is 0 Å². The molecule has 6 heteroatoms. The average molecular weight is 658 g/mol. The van der Waals surface area contributed by atoms with E-state index in [4.69, 9.17) is 15.0 Å². The van der Waals surface area contributed by atoms with Gasteiger partial charge in [0, 0.05) is 40.3 Å². The van der Waals surface area contributed by atoms with Crippen LogP contribution >= 0.6 is 0 Å². The molecule has 0 saturated carbocycles. The molecule has 6 aromatic carbocycles. The minimum absolute atomic E-state index is 0.222. The van der Waals surface area contributed by atoms with Crippen molar-refractivity contribution < 1.29 is 4.79 Å². The number of rotatable bonds is 8. The van der Waals surface area contributed by atoms with Gasteiger partial charge in [-0.1, -0.05) is 146 Å². The van der Waals surface area contributed by atoms with Gasteiger partial charge in [0.1, 0.15) is 0 Å². The van der Waals surface area contributed by atoms with E-state index < -0.39 is 0 Å². The first-order valence-corrected chi connectivity index (χ1v) is 16.7. The summed E-state index contributed by atoms with van der Waals surface area (Å²) < 4.78 is 0. The Kier molecular flexibility index (Phi) is 8.70. The second-order valence-corrected chi connectivity index (χ2v) is 12.0. The average Bonchev–Trinajstić information content (AvgIpc) is 3.22. The molecule has 51 heavy (non-hydrogen) atoms. The molecule has 8 aromatic rings. The summed E-state index contributed by atoms with van der Waals surface area (Å²) in [5.74, 6) is 1.62. The van der Waals surface area contributed by atoms with E-state index in [-0.39, 0.29) is 5.91 Å². The molecule has 0 bridgehead atoms. The van der Waals surface area contributed by atoms with Gasteiger partial charge >= 0.3 is 0 Å². The zero-order valence-electron chi connectivity index (χ0n) is 27.5. The summed E-state index contributed by atoms with van der Waals surface area (Å²) in [6, 6.07) is 56.4. The van der Waals surface area contributed by atoms with Crippen molar-refractivity contribution >= 4 is 11.6 Å². The maximum atomic E-state index is 13.3. The third-order valence-corrected chi connectivity index (χ3v) is 8.67. The number of nitrogens with zero attached hydrogens (tertiary/aromatic N) is 4. The Morgan fingerprint density at radius 1 is 0.412 bits per heavy atom. The molecule has 2 heterocycles. The Bertz CT molecular complexity index is 2380. The third-order valence-electron chi connectivity index (χ3n) is 8.67. The molecule has 6 nitrogen and oxygen atoms in total. The van der Waals surface area contributed by atoms with E-state index in [1.807, 2.05) is 115 Å². The molecule has 0 atom stereocenters. The van der Waals surface area contributed by atoms with Gasteiger partial charge in [0.2, 0.25) is 0 Å². The van der Waals surface area contributed by atoms with Crippen molar-refractivity contribution in [1.82, 2.24) is 19.9 Å². The number of benzene rings is 6. The first kappa shape index (κ1) is 31.2. The molecule has 0 aliphatic rings.